The molecule has 1 saturated carbocycles. The van der Waals surface area contributed by atoms with Crippen LogP contribution < -0.4 is 16.4 Å². The molecule has 0 atom stereocenters. The van der Waals surface area contributed by atoms with Crippen molar-refractivity contribution in [1.29, 1.82) is 0 Å². The first-order valence-electron chi connectivity index (χ1n) is 12.8. The summed E-state index contributed by atoms with van der Waals surface area (Å²) in [7, 11) is 1.48. The van der Waals surface area contributed by atoms with E-state index >= 15 is 4.39 Å². The maximum absolute atomic E-state index is 15.2. The standard InChI is InChI=1S/C32H25F2N3O3/c1-36-31(39)28-24-16-23(26(35)17-27(24)40-29(28)18-7-10-21(33)11-8-18)22-15-19(9-12-25(22)34)30(38)37-32(13-14-32)20-5-3-2-4-6-20/h2-12,15-17H,13-14,35H2,1H3,(H,36,39)(H,37,38). The molecule has 0 radical (unpaired) electrons. The van der Waals surface area contributed by atoms with E-state index in [1.54, 1.807) is 6.07 Å². The van der Waals surface area contributed by atoms with Gasteiger partial charge in [0, 0.05) is 46.4 Å². The monoisotopic (exact) mass is 537 g/mol. The number of halogens is 2. The topological polar surface area (TPSA) is 97.4 Å². The zero-order valence-electron chi connectivity index (χ0n) is 21.6. The summed E-state index contributed by atoms with van der Waals surface area (Å²) in [5, 5.41) is 6.11. The fraction of sp³-hybridized carbons (Fsp3) is 0.125. The van der Waals surface area contributed by atoms with Crippen molar-refractivity contribution in [1.82, 2.24) is 10.6 Å². The number of hydrogen-bond acceptors (Lipinski definition) is 4. The quantitative estimate of drug-likeness (QED) is 0.218. The number of furan rings is 1. The van der Waals surface area contributed by atoms with Crippen LogP contribution in [0.2, 0.25) is 0 Å². The van der Waals surface area contributed by atoms with Crippen molar-refractivity contribution in [3.8, 4) is 22.5 Å². The molecule has 4 aromatic carbocycles. The van der Waals surface area contributed by atoms with E-state index in [2.05, 4.69) is 10.6 Å². The second kappa shape index (κ2) is 9.64. The minimum atomic E-state index is -0.574. The number of amides is 2. The van der Waals surface area contributed by atoms with Gasteiger partial charge in [-0.05, 0) is 66.9 Å². The zero-order chi connectivity index (χ0) is 28.0. The van der Waals surface area contributed by atoms with Crippen molar-refractivity contribution < 1.29 is 22.8 Å². The summed E-state index contributed by atoms with van der Waals surface area (Å²) in [6.45, 7) is 0. The molecule has 1 aromatic heterocycles. The van der Waals surface area contributed by atoms with Crippen molar-refractivity contribution >= 4 is 28.5 Å². The predicted octanol–water partition coefficient (Wildman–Crippen LogP) is 6.41. The molecule has 1 heterocycles. The van der Waals surface area contributed by atoms with Crippen molar-refractivity contribution in [2.24, 2.45) is 0 Å². The number of carbonyl (C=O) groups excluding carboxylic acids is 2. The maximum Gasteiger partial charge on any atom is 0.255 e. The molecule has 1 aliphatic rings. The highest BCUT2D eigenvalue weighted by Crippen LogP contribution is 2.46. The van der Waals surface area contributed by atoms with E-state index in [0.29, 0.717) is 22.1 Å². The molecule has 40 heavy (non-hydrogen) atoms. The molecule has 0 spiro atoms. The van der Waals surface area contributed by atoms with E-state index in [1.165, 1.54) is 55.6 Å². The number of rotatable bonds is 6. The molecule has 1 aliphatic carbocycles. The van der Waals surface area contributed by atoms with Crippen LogP contribution in [0.25, 0.3) is 33.4 Å². The second-order valence-electron chi connectivity index (χ2n) is 9.92. The first-order chi connectivity index (χ1) is 19.3. The summed E-state index contributed by atoms with van der Waals surface area (Å²) in [5.74, 6) is -1.53. The van der Waals surface area contributed by atoms with Gasteiger partial charge in [-0.2, -0.15) is 0 Å². The van der Waals surface area contributed by atoms with Gasteiger partial charge in [0.15, 0.2) is 0 Å². The van der Waals surface area contributed by atoms with Gasteiger partial charge in [0.1, 0.15) is 23.0 Å². The lowest BCUT2D eigenvalue weighted by Crippen LogP contribution is -2.34. The number of hydrogen-bond donors (Lipinski definition) is 3. The number of nitrogens with two attached hydrogens (primary N) is 1. The van der Waals surface area contributed by atoms with Crippen molar-refractivity contribution in [2.45, 2.75) is 18.4 Å². The highest BCUT2D eigenvalue weighted by molar-refractivity contribution is 6.12. The van der Waals surface area contributed by atoms with E-state index in [0.717, 1.165) is 18.4 Å². The number of nitrogens with one attached hydrogen (secondary N) is 2. The molecule has 2 amide bonds. The van der Waals surface area contributed by atoms with Gasteiger partial charge in [0.2, 0.25) is 0 Å². The Hall–Kier alpha value is -4.98. The Morgan fingerprint density at radius 2 is 1.60 bits per heavy atom. The molecule has 0 aliphatic heterocycles. The summed E-state index contributed by atoms with van der Waals surface area (Å²) >= 11 is 0. The zero-order valence-corrected chi connectivity index (χ0v) is 21.6. The van der Waals surface area contributed by atoms with Gasteiger partial charge in [-0.25, -0.2) is 8.78 Å². The minimum absolute atomic E-state index is 0.115. The number of carbonyl (C=O) groups is 2. The largest absolute Gasteiger partial charge is 0.455 e. The van der Waals surface area contributed by atoms with Crippen LogP contribution in [0.5, 0.6) is 0 Å². The van der Waals surface area contributed by atoms with Gasteiger partial charge >= 0.3 is 0 Å². The Balaban J connectivity index is 1.42. The molecular formula is C32H25F2N3O3. The molecule has 5 aromatic rings. The van der Waals surface area contributed by atoms with Crippen LogP contribution >= 0.6 is 0 Å². The average molecular weight is 538 g/mol. The Morgan fingerprint density at radius 3 is 2.27 bits per heavy atom. The summed E-state index contributed by atoms with van der Waals surface area (Å²) < 4.78 is 34.8. The van der Waals surface area contributed by atoms with Crippen LogP contribution in [0.1, 0.15) is 39.1 Å². The third kappa shape index (κ3) is 4.37. The Morgan fingerprint density at radius 1 is 0.875 bits per heavy atom. The van der Waals surface area contributed by atoms with Gasteiger partial charge in [0.05, 0.1) is 11.1 Å². The van der Waals surface area contributed by atoms with E-state index in [-0.39, 0.29) is 34.0 Å². The van der Waals surface area contributed by atoms with E-state index in [1.807, 2.05) is 30.3 Å². The Bertz CT molecular complexity index is 1780. The first-order valence-corrected chi connectivity index (χ1v) is 12.8. The van der Waals surface area contributed by atoms with Crippen LogP contribution in [-0.4, -0.2) is 18.9 Å². The van der Waals surface area contributed by atoms with Crippen LogP contribution in [0.4, 0.5) is 14.5 Å². The lowest BCUT2D eigenvalue weighted by atomic mass is 9.96. The Labute approximate surface area is 228 Å². The smallest absolute Gasteiger partial charge is 0.255 e. The number of nitrogen functional groups attached to an aromatic ring is 1. The maximum atomic E-state index is 15.2. The van der Waals surface area contributed by atoms with Crippen LogP contribution in [0.15, 0.2) is 89.3 Å². The summed E-state index contributed by atoms with van der Waals surface area (Å²) in [6.07, 6.45) is 1.64. The third-order valence-corrected chi connectivity index (χ3v) is 7.37. The molecule has 8 heteroatoms. The predicted molar refractivity (Wildman–Crippen MR) is 150 cm³/mol. The summed E-state index contributed by atoms with van der Waals surface area (Å²) in [5.41, 5.74) is 8.87. The summed E-state index contributed by atoms with van der Waals surface area (Å²) in [4.78, 5) is 26.2. The fourth-order valence-electron chi connectivity index (χ4n) is 5.08. The van der Waals surface area contributed by atoms with Gasteiger partial charge < -0.3 is 20.8 Å². The van der Waals surface area contributed by atoms with Gasteiger partial charge in [-0.15, -0.1) is 0 Å². The lowest BCUT2D eigenvalue weighted by molar-refractivity contribution is 0.0929. The van der Waals surface area contributed by atoms with E-state index in [9.17, 15) is 14.0 Å². The highest BCUT2D eigenvalue weighted by atomic mass is 19.1. The van der Waals surface area contributed by atoms with Gasteiger partial charge in [0.25, 0.3) is 11.8 Å². The number of benzene rings is 4. The lowest BCUT2D eigenvalue weighted by Gasteiger charge is -2.18. The molecule has 0 unspecified atom stereocenters. The number of fused-ring (bicyclic) bond motifs is 1. The minimum Gasteiger partial charge on any atom is -0.455 e. The molecule has 6 rings (SSSR count). The van der Waals surface area contributed by atoms with E-state index < -0.39 is 23.1 Å². The molecular weight excluding hydrogens is 512 g/mol. The van der Waals surface area contributed by atoms with Gasteiger partial charge in [-0.1, -0.05) is 30.3 Å². The first kappa shape index (κ1) is 25.3. The van der Waals surface area contributed by atoms with Crippen molar-refractivity contribution in [3.63, 3.8) is 0 Å². The van der Waals surface area contributed by atoms with E-state index in [4.69, 9.17) is 10.2 Å². The molecule has 4 N–H and O–H groups in total. The molecule has 6 nitrogen and oxygen atoms in total. The third-order valence-electron chi connectivity index (χ3n) is 7.37. The van der Waals surface area contributed by atoms with Crippen molar-refractivity contribution in [2.75, 3.05) is 12.8 Å². The van der Waals surface area contributed by atoms with Crippen LogP contribution in [0, 0.1) is 11.6 Å². The second-order valence-corrected chi connectivity index (χ2v) is 9.92. The van der Waals surface area contributed by atoms with Crippen LogP contribution in [0.3, 0.4) is 0 Å². The molecule has 1 fully saturated rings. The molecule has 0 bridgehead atoms. The fourth-order valence-corrected chi connectivity index (χ4v) is 5.08. The normalized spacial score (nSPS) is 13.7. The van der Waals surface area contributed by atoms with Crippen molar-refractivity contribution in [3.05, 3.63) is 113 Å². The molecule has 0 saturated heterocycles. The summed E-state index contributed by atoms with van der Waals surface area (Å²) in [6, 6.07) is 22.5. The average Bonchev–Trinajstić information content (AvgIpc) is 3.66. The highest BCUT2D eigenvalue weighted by Gasteiger charge is 2.45. The SMILES string of the molecule is CNC(=O)c1c(-c2ccc(F)cc2)oc2cc(N)c(-c3cc(C(=O)NC4(c5ccccc5)CC4)ccc3F)cc12. The number of anilines is 1. The van der Waals surface area contributed by atoms with Crippen LogP contribution in [-0.2, 0) is 5.54 Å². The Kier molecular flexibility index (Phi) is 6.10. The van der Waals surface area contributed by atoms with Gasteiger partial charge in [-0.3, -0.25) is 9.59 Å². The molecule has 200 valence electrons.